The largest absolute Gasteiger partial charge is 0.477 e. The van der Waals surface area contributed by atoms with E-state index in [9.17, 15) is 14.7 Å². The Bertz CT molecular complexity index is 1280. The minimum atomic E-state index is -1.48. The zero-order chi connectivity index (χ0) is 25.2. The summed E-state index contributed by atoms with van der Waals surface area (Å²) >= 11 is 0. The maximum Gasteiger partial charge on any atom is 0.341 e. The predicted octanol–water partition coefficient (Wildman–Crippen LogP) is 2.85. The number of carboxylic acid groups (broad SMARTS) is 1. The monoisotopic (exact) mass is 477 g/mol. The average molecular weight is 478 g/mol. The molecule has 11 heteroatoms. The van der Waals surface area contributed by atoms with Gasteiger partial charge < -0.3 is 30.9 Å². The van der Waals surface area contributed by atoms with Gasteiger partial charge in [-0.15, -0.1) is 0 Å². The van der Waals surface area contributed by atoms with Crippen LogP contribution in [-0.4, -0.2) is 46.6 Å². The Morgan fingerprint density at radius 2 is 1.97 bits per heavy atom. The Balaban J connectivity index is 1.93. The molecule has 2 fully saturated rings. The Hall–Kier alpha value is -3.21. The van der Waals surface area contributed by atoms with Crippen molar-refractivity contribution < 1.29 is 23.5 Å². The number of hydrogen-bond donors (Lipinski definition) is 3. The number of aromatic nitrogens is 1. The van der Waals surface area contributed by atoms with E-state index in [0.29, 0.717) is 18.6 Å². The van der Waals surface area contributed by atoms with E-state index in [2.05, 4.69) is 5.16 Å². The van der Waals surface area contributed by atoms with Crippen molar-refractivity contribution in [2.45, 2.75) is 52.2 Å². The summed E-state index contributed by atoms with van der Waals surface area (Å²) in [6.45, 7) is 7.67. The zero-order valence-corrected chi connectivity index (χ0v) is 19.6. The minimum Gasteiger partial charge on any atom is -0.477 e. The van der Waals surface area contributed by atoms with Gasteiger partial charge in [0, 0.05) is 30.7 Å². The molecule has 1 aliphatic carbocycles. The van der Waals surface area contributed by atoms with Crippen molar-refractivity contribution in [3.05, 3.63) is 33.6 Å². The van der Waals surface area contributed by atoms with Gasteiger partial charge in [0.2, 0.25) is 5.43 Å². The lowest BCUT2D eigenvalue weighted by Gasteiger charge is -2.25. The molecule has 2 aliphatic rings. The lowest BCUT2D eigenvalue weighted by Crippen LogP contribution is -2.36. The van der Waals surface area contributed by atoms with Gasteiger partial charge in [0.25, 0.3) is 0 Å². The number of aromatic carboxylic acids is 1. The van der Waals surface area contributed by atoms with Crippen LogP contribution in [0.25, 0.3) is 10.9 Å². The van der Waals surface area contributed by atoms with Crippen molar-refractivity contribution in [2.75, 3.05) is 30.3 Å². The Morgan fingerprint density at radius 1 is 1.32 bits per heavy atom. The van der Waals surface area contributed by atoms with E-state index in [0.717, 1.165) is 6.20 Å². The lowest BCUT2D eigenvalue weighted by molar-refractivity contribution is -0.000439. The number of pyridine rings is 1. The van der Waals surface area contributed by atoms with Crippen LogP contribution >= 0.6 is 0 Å². The molecule has 1 unspecified atom stereocenters. The molecule has 0 amide bonds. The Labute approximate surface area is 194 Å². The first-order chi connectivity index (χ1) is 15.8. The summed E-state index contributed by atoms with van der Waals surface area (Å²) in [7, 11) is 0. The first-order valence-corrected chi connectivity index (χ1v) is 11.1. The van der Waals surface area contributed by atoms with E-state index in [4.69, 9.17) is 16.3 Å². The Kier molecular flexibility index (Phi) is 5.58. The molecule has 1 aliphatic heterocycles. The van der Waals surface area contributed by atoms with Gasteiger partial charge >= 0.3 is 5.97 Å². The molecule has 1 saturated carbocycles. The van der Waals surface area contributed by atoms with Crippen molar-refractivity contribution in [2.24, 2.45) is 16.3 Å². The summed E-state index contributed by atoms with van der Waals surface area (Å²) < 4.78 is 33.0. The number of benzene rings is 1. The molecule has 0 radical (unpaired) electrons. The van der Waals surface area contributed by atoms with Gasteiger partial charge in [0.1, 0.15) is 16.9 Å². The van der Waals surface area contributed by atoms with Crippen LogP contribution in [0.4, 0.5) is 20.2 Å². The molecule has 1 aromatic carbocycles. The predicted molar refractivity (Wildman–Crippen MR) is 125 cm³/mol. The number of carbonyl (C=O) groups is 1. The number of fused-ring (bicyclic) bond motifs is 1. The highest BCUT2D eigenvalue weighted by Crippen LogP contribution is 2.43. The number of hydrogen-bond acceptors (Lipinski definition) is 7. The number of halogens is 2. The normalized spacial score (nSPS) is 22.1. The third kappa shape index (κ3) is 3.87. The van der Waals surface area contributed by atoms with Gasteiger partial charge in [0.15, 0.2) is 11.6 Å². The summed E-state index contributed by atoms with van der Waals surface area (Å²) in [4.78, 5) is 31.4. The topological polar surface area (TPSA) is 136 Å². The Morgan fingerprint density at radius 3 is 2.50 bits per heavy atom. The van der Waals surface area contributed by atoms with E-state index < -0.39 is 56.4 Å². The highest BCUT2D eigenvalue weighted by Gasteiger charge is 2.43. The highest BCUT2D eigenvalue weighted by molar-refractivity contribution is 6.02. The van der Waals surface area contributed by atoms with Gasteiger partial charge in [-0.25, -0.2) is 13.6 Å². The van der Waals surface area contributed by atoms with Gasteiger partial charge in [0.05, 0.1) is 28.8 Å². The van der Waals surface area contributed by atoms with Crippen molar-refractivity contribution in [3.8, 4) is 0 Å². The SMILES string of the molecule is CC(C)(C)ON=C1CN(c2c(F)c(N)c3c(=O)c(C(=O)O)cn(C4CC4)c3c2F)CC1(C)CN. The smallest absolute Gasteiger partial charge is 0.341 e. The van der Waals surface area contributed by atoms with Crippen LogP contribution in [0.3, 0.4) is 0 Å². The standard InChI is InChI=1S/C23H29F2N5O4/c1-22(2,3)34-28-13-8-29(10-23(13,4)9-26)19-15(24)17(27)14-18(16(19)25)30(11-5-6-11)7-12(20(14)31)21(32)33/h7,11H,5-6,8-10,26-27H2,1-4H3,(H,32,33). The average Bonchev–Trinajstić information content (AvgIpc) is 3.53. The van der Waals surface area contributed by atoms with Crippen LogP contribution < -0.4 is 21.8 Å². The number of oxime groups is 1. The molecule has 184 valence electrons. The third-order valence-electron chi connectivity index (χ3n) is 6.31. The van der Waals surface area contributed by atoms with Crippen molar-refractivity contribution in [3.63, 3.8) is 0 Å². The first-order valence-electron chi connectivity index (χ1n) is 11.1. The van der Waals surface area contributed by atoms with Gasteiger partial charge in [-0.1, -0.05) is 12.1 Å². The van der Waals surface area contributed by atoms with Crippen LogP contribution in [0.1, 0.15) is 56.9 Å². The molecular weight excluding hydrogens is 448 g/mol. The molecule has 0 spiro atoms. The number of nitrogens with zero attached hydrogens (tertiary/aromatic N) is 3. The van der Waals surface area contributed by atoms with Crippen molar-refractivity contribution in [1.29, 1.82) is 0 Å². The van der Waals surface area contributed by atoms with Crippen LogP contribution in [0.2, 0.25) is 0 Å². The van der Waals surface area contributed by atoms with E-state index in [1.54, 1.807) is 0 Å². The lowest BCUT2D eigenvalue weighted by atomic mass is 9.88. The molecule has 1 aromatic heterocycles. The molecular formula is C23H29F2N5O4. The molecule has 0 bridgehead atoms. The highest BCUT2D eigenvalue weighted by atomic mass is 19.1. The van der Waals surface area contributed by atoms with Crippen molar-refractivity contribution in [1.82, 2.24) is 4.57 Å². The van der Waals surface area contributed by atoms with Gasteiger partial charge in [-0.3, -0.25) is 4.79 Å². The second-order valence-corrected chi connectivity index (χ2v) is 10.3. The molecule has 4 rings (SSSR count). The molecule has 5 N–H and O–H groups in total. The molecule has 2 heterocycles. The summed E-state index contributed by atoms with van der Waals surface area (Å²) in [5, 5.41) is 13.2. The van der Waals surface area contributed by atoms with E-state index >= 15 is 8.78 Å². The molecule has 1 atom stereocenters. The van der Waals surface area contributed by atoms with Crippen LogP contribution in [0, 0.1) is 17.0 Å². The quantitative estimate of drug-likeness (QED) is 0.445. The number of rotatable bonds is 5. The second kappa shape index (κ2) is 7.93. The minimum absolute atomic E-state index is 0.0451. The summed E-state index contributed by atoms with van der Waals surface area (Å²) in [6.07, 6.45) is 2.48. The molecule has 9 nitrogen and oxygen atoms in total. The fourth-order valence-corrected chi connectivity index (χ4v) is 4.23. The van der Waals surface area contributed by atoms with Gasteiger partial charge in [-0.2, -0.15) is 0 Å². The number of anilines is 2. The van der Waals surface area contributed by atoms with Gasteiger partial charge in [-0.05, 0) is 33.6 Å². The van der Waals surface area contributed by atoms with Crippen molar-refractivity contribution >= 4 is 34.0 Å². The van der Waals surface area contributed by atoms with E-state index in [1.165, 1.54) is 9.47 Å². The first kappa shape index (κ1) is 23.9. The number of carboxylic acids is 1. The molecule has 34 heavy (non-hydrogen) atoms. The molecule has 2 aromatic rings. The maximum atomic E-state index is 16.0. The number of nitrogen functional groups attached to an aromatic ring is 1. The second-order valence-electron chi connectivity index (χ2n) is 10.3. The van der Waals surface area contributed by atoms with E-state index in [-0.39, 0.29) is 31.2 Å². The maximum absolute atomic E-state index is 16.0. The van der Waals surface area contributed by atoms with Crippen LogP contribution in [0.5, 0.6) is 0 Å². The number of nitrogens with two attached hydrogens (primary N) is 2. The fourth-order valence-electron chi connectivity index (χ4n) is 4.23. The molecule has 1 saturated heterocycles. The fraction of sp³-hybridized carbons (Fsp3) is 0.522. The van der Waals surface area contributed by atoms with Crippen LogP contribution in [0.15, 0.2) is 16.1 Å². The third-order valence-corrected chi connectivity index (χ3v) is 6.31. The summed E-state index contributed by atoms with van der Waals surface area (Å²) in [5.41, 5.74) is 8.48. The van der Waals surface area contributed by atoms with Crippen LogP contribution in [-0.2, 0) is 4.84 Å². The van der Waals surface area contributed by atoms with E-state index in [1.807, 2.05) is 27.7 Å². The summed E-state index contributed by atoms with van der Waals surface area (Å²) in [5.74, 6) is -3.58. The summed E-state index contributed by atoms with van der Waals surface area (Å²) in [6, 6.07) is -0.196. The zero-order valence-electron chi connectivity index (χ0n) is 19.6.